The molecule has 1 fully saturated rings. The lowest BCUT2D eigenvalue weighted by Crippen LogP contribution is -2.41. The maximum atomic E-state index is 13.2. The average Bonchev–Trinajstić information content (AvgIpc) is 3.62. The highest BCUT2D eigenvalue weighted by atomic mass is 32.2. The molecule has 1 saturated heterocycles. The van der Waals surface area contributed by atoms with E-state index in [1.54, 1.807) is 47.4 Å². The highest BCUT2D eigenvalue weighted by Crippen LogP contribution is 2.38. The fourth-order valence-corrected chi connectivity index (χ4v) is 5.84. The number of anilines is 3. The Hall–Kier alpha value is -4.64. The fraction of sp³-hybridized carbons (Fsp3) is 0.233. The molecule has 11 heteroatoms. The molecule has 2 aliphatic heterocycles. The van der Waals surface area contributed by atoms with Crippen molar-refractivity contribution in [2.24, 2.45) is 0 Å². The van der Waals surface area contributed by atoms with Gasteiger partial charge in [-0.05, 0) is 54.8 Å². The lowest BCUT2D eigenvalue weighted by molar-refractivity contribution is -0.128. The molecular formula is C30H30N4O6S. The predicted octanol–water partition coefficient (Wildman–Crippen LogP) is 3.79. The quantitative estimate of drug-likeness (QED) is 0.310. The molecule has 2 aliphatic rings. The van der Waals surface area contributed by atoms with Gasteiger partial charge >= 0.3 is 5.97 Å². The Morgan fingerprint density at radius 3 is 2.29 bits per heavy atom. The first-order valence-corrected chi connectivity index (χ1v) is 15.0. The van der Waals surface area contributed by atoms with Crippen molar-refractivity contribution in [1.82, 2.24) is 4.90 Å². The van der Waals surface area contributed by atoms with Crippen molar-refractivity contribution in [3.8, 4) is 0 Å². The molecule has 0 aromatic heterocycles. The number of rotatable bonds is 8. The second-order valence-electron chi connectivity index (χ2n) is 9.85. The molecule has 2 N–H and O–H groups in total. The van der Waals surface area contributed by atoms with Gasteiger partial charge in [0.25, 0.3) is 5.91 Å². The van der Waals surface area contributed by atoms with Crippen LogP contribution in [0.3, 0.4) is 0 Å². The van der Waals surface area contributed by atoms with Gasteiger partial charge in [-0.15, -0.1) is 0 Å². The maximum absolute atomic E-state index is 13.2. The molecule has 0 atom stereocenters. The summed E-state index contributed by atoms with van der Waals surface area (Å²) in [5, 5.41) is 6.16. The van der Waals surface area contributed by atoms with Crippen LogP contribution in [0, 0.1) is 0 Å². The van der Waals surface area contributed by atoms with Crippen molar-refractivity contribution in [2.75, 3.05) is 47.9 Å². The van der Waals surface area contributed by atoms with Gasteiger partial charge in [-0.2, -0.15) is 0 Å². The number of benzene rings is 3. The molecule has 212 valence electrons. The van der Waals surface area contributed by atoms with Crippen LogP contribution in [0.4, 0.5) is 17.1 Å². The Balaban J connectivity index is 1.48. The van der Waals surface area contributed by atoms with Crippen molar-refractivity contribution in [2.45, 2.75) is 12.8 Å². The lowest BCUT2D eigenvalue weighted by Gasteiger charge is -2.25. The van der Waals surface area contributed by atoms with E-state index in [4.69, 9.17) is 4.74 Å². The van der Waals surface area contributed by atoms with E-state index in [0.29, 0.717) is 52.5 Å². The Morgan fingerprint density at radius 2 is 1.66 bits per heavy atom. The zero-order chi connectivity index (χ0) is 29.1. The number of nitrogens with zero attached hydrogens (tertiary/aromatic N) is 2. The maximum Gasteiger partial charge on any atom is 0.337 e. The normalized spacial score (nSPS) is 15.7. The van der Waals surface area contributed by atoms with Gasteiger partial charge in [0.2, 0.25) is 15.9 Å². The first-order chi connectivity index (χ1) is 19.7. The van der Waals surface area contributed by atoms with Gasteiger partial charge < -0.3 is 20.3 Å². The topological polar surface area (TPSA) is 125 Å². The van der Waals surface area contributed by atoms with Crippen LogP contribution in [0.15, 0.2) is 72.8 Å². The smallest absolute Gasteiger partial charge is 0.337 e. The number of fused-ring (bicyclic) bond motifs is 1. The summed E-state index contributed by atoms with van der Waals surface area (Å²) in [5.41, 5.74) is 4.06. The SMILES string of the molecule is COC(=O)c1ccc2c(c1)NC(=O)C2=C(Nc1ccc(N(CC(=O)N2CCCC2)S(C)(=O)=O)cc1)c1ccccc1. The van der Waals surface area contributed by atoms with Crippen LogP contribution < -0.4 is 14.9 Å². The Labute approximate surface area is 238 Å². The second-order valence-corrected chi connectivity index (χ2v) is 11.8. The number of ether oxygens (including phenoxy) is 1. The van der Waals surface area contributed by atoms with Crippen molar-refractivity contribution >= 4 is 56.1 Å². The number of sulfonamides is 1. The third-order valence-corrected chi connectivity index (χ3v) is 8.20. The number of carbonyl (C=O) groups is 3. The van der Waals surface area contributed by atoms with Crippen molar-refractivity contribution in [1.29, 1.82) is 0 Å². The third-order valence-electron chi connectivity index (χ3n) is 7.06. The lowest BCUT2D eigenvalue weighted by atomic mass is 9.99. The minimum absolute atomic E-state index is 0.229. The van der Waals surface area contributed by atoms with Crippen molar-refractivity contribution < 1.29 is 27.5 Å². The van der Waals surface area contributed by atoms with Crippen LogP contribution in [-0.2, 0) is 24.3 Å². The zero-order valence-corrected chi connectivity index (χ0v) is 23.5. The molecule has 41 heavy (non-hydrogen) atoms. The first kappa shape index (κ1) is 27.9. The van der Waals surface area contributed by atoms with Crippen LogP contribution in [-0.4, -0.2) is 64.1 Å². The monoisotopic (exact) mass is 574 g/mol. The van der Waals surface area contributed by atoms with Gasteiger partial charge in [-0.1, -0.05) is 36.4 Å². The minimum atomic E-state index is -3.72. The summed E-state index contributed by atoms with van der Waals surface area (Å²) >= 11 is 0. The average molecular weight is 575 g/mol. The van der Waals surface area contributed by atoms with Crippen molar-refractivity contribution in [3.05, 3.63) is 89.5 Å². The van der Waals surface area contributed by atoms with E-state index in [2.05, 4.69) is 10.6 Å². The standard InChI is InChI=1S/C30H30N4O6S/c1-40-30(37)21-10-15-24-25(18-21)32-29(36)27(24)28(20-8-4-3-5-9-20)31-22-11-13-23(14-12-22)34(41(2,38)39)19-26(35)33-16-6-7-17-33/h3-5,8-15,18,31H,6-7,16-17,19H2,1-2H3,(H,32,36). The van der Waals surface area contributed by atoms with E-state index >= 15 is 0 Å². The molecule has 2 heterocycles. The summed E-state index contributed by atoms with van der Waals surface area (Å²) in [5.74, 6) is -1.08. The third kappa shape index (κ3) is 5.94. The van der Waals surface area contributed by atoms with Gasteiger partial charge in [0.05, 0.1) is 41.6 Å². The molecule has 10 nitrogen and oxygen atoms in total. The number of hydrogen-bond donors (Lipinski definition) is 2. The summed E-state index contributed by atoms with van der Waals surface area (Å²) in [4.78, 5) is 39.7. The Bertz CT molecular complexity index is 1630. The zero-order valence-electron chi connectivity index (χ0n) is 22.7. The van der Waals surface area contributed by atoms with Crippen LogP contribution >= 0.6 is 0 Å². The van der Waals surface area contributed by atoms with Gasteiger partial charge in [-0.25, -0.2) is 13.2 Å². The number of amides is 2. The summed E-state index contributed by atoms with van der Waals surface area (Å²) < 4.78 is 31.1. The molecule has 0 spiro atoms. The molecule has 5 rings (SSSR count). The summed E-state index contributed by atoms with van der Waals surface area (Å²) in [7, 11) is -2.42. The number of nitrogens with one attached hydrogen (secondary N) is 2. The number of esters is 1. The summed E-state index contributed by atoms with van der Waals surface area (Å²) in [6.45, 7) is 1.00. The molecule has 0 aliphatic carbocycles. The van der Waals surface area contributed by atoms with Crippen LogP contribution in [0.1, 0.15) is 34.3 Å². The Morgan fingerprint density at radius 1 is 0.976 bits per heavy atom. The van der Waals surface area contributed by atoms with Crippen LogP contribution in [0.25, 0.3) is 11.3 Å². The molecule has 2 amide bonds. The molecule has 3 aromatic carbocycles. The van der Waals surface area contributed by atoms with Crippen LogP contribution in [0.5, 0.6) is 0 Å². The number of hydrogen-bond acceptors (Lipinski definition) is 7. The van der Waals surface area contributed by atoms with Gasteiger partial charge in [0, 0.05) is 24.3 Å². The number of carbonyl (C=O) groups excluding carboxylic acids is 3. The van der Waals surface area contributed by atoms with E-state index in [9.17, 15) is 22.8 Å². The summed E-state index contributed by atoms with van der Waals surface area (Å²) in [6, 6.07) is 20.8. The molecule has 0 unspecified atom stereocenters. The van der Waals surface area contributed by atoms with E-state index in [1.807, 2.05) is 30.3 Å². The van der Waals surface area contributed by atoms with E-state index < -0.39 is 16.0 Å². The molecular weight excluding hydrogens is 544 g/mol. The van der Waals surface area contributed by atoms with E-state index in [0.717, 1.165) is 29.0 Å². The predicted molar refractivity (Wildman–Crippen MR) is 158 cm³/mol. The number of methoxy groups -OCH3 is 1. The highest BCUT2D eigenvalue weighted by molar-refractivity contribution is 7.92. The van der Waals surface area contributed by atoms with Gasteiger partial charge in [0.1, 0.15) is 6.54 Å². The van der Waals surface area contributed by atoms with E-state index in [-0.39, 0.29) is 18.4 Å². The molecule has 0 bridgehead atoms. The number of likely N-dealkylation sites (tertiary alicyclic amines) is 1. The summed E-state index contributed by atoms with van der Waals surface area (Å²) in [6.07, 6.45) is 2.91. The minimum Gasteiger partial charge on any atom is -0.465 e. The van der Waals surface area contributed by atoms with E-state index in [1.165, 1.54) is 7.11 Å². The van der Waals surface area contributed by atoms with Gasteiger partial charge in [0.15, 0.2) is 0 Å². The Kier molecular flexibility index (Phi) is 7.80. The highest BCUT2D eigenvalue weighted by Gasteiger charge is 2.30. The van der Waals surface area contributed by atoms with Crippen molar-refractivity contribution in [3.63, 3.8) is 0 Å². The van der Waals surface area contributed by atoms with Gasteiger partial charge in [-0.3, -0.25) is 13.9 Å². The molecule has 3 aromatic rings. The fourth-order valence-electron chi connectivity index (χ4n) is 4.99. The first-order valence-electron chi connectivity index (χ1n) is 13.1. The molecule has 0 radical (unpaired) electrons. The largest absolute Gasteiger partial charge is 0.465 e. The second kappa shape index (κ2) is 11.5. The van der Waals surface area contributed by atoms with Crippen LogP contribution in [0.2, 0.25) is 0 Å². The molecule has 0 saturated carbocycles.